The fourth-order valence-corrected chi connectivity index (χ4v) is 3.39. The van der Waals surface area contributed by atoms with Gasteiger partial charge in [0, 0.05) is 57.2 Å². The second kappa shape index (κ2) is 8.70. The summed E-state index contributed by atoms with van der Waals surface area (Å²) < 4.78 is 0. The van der Waals surface area contributed by atoms with Gasteiger partial charge >= 0.3 is 0 Å². The average Bonchev–Trinajstić information content (AvgIpc) is 3.11. The van der Waals surface area contributed by atoms with Crippen LogP contribution in [0.15, 0.2) is 36.0 Å². The molecular weight excluding hydrogens is 338 g/mol. The fourth-order valence-electron chi connectivity index (χ4n) is 2.62. The van der Waals surface area contributed by atoms with E-state index in [1.165, 1.54) is 11.3 Å². The van der Waals surface area contributed by atoms with Crippen LogP contribution in [0.3, 0.4) is 0 Å². The Bertz CT molecular complexity index is 713. The lowest BCUT2D eigenvalue weighted by atomic mass is 10.2. The van der Waals surface area contributed by atoms with Gasteiger partial charge in [0.25, 0.3) is 11.8 Å². The number of hydrogen-bond acceptors (Lipinski definition) is 6. The number of carbonyl (C=O) groups excluding carboxylic acids is 2. The van der Waals surface area contributed by atoms with E-state index in [9.17, 15) is 9.59 Å². The second-order valence-electron chi connectivity index (χ2n) is 5.70. The minimum atomic E-state index is -0.254. The molecule has 0 aromatic carbocycles. The highest BCUT2D eigenvalue weighted by atomic mass is 32.1. The molecule has 1 aliphatic heterocycles. The van der Waals surface area contributed by atoms with Crippen molar-refractivity contribution in [3.63, 3.8) is 0 Å². The molecule has 0 radical (unpaired) electrons. The maximum Gasteiger partial charge on any atom is 0.263 e. The molecular formula is C17H21N5O2S. The van der Waals surface area contributed by atoms with Crippen molar-refractivity contribution in [1.82, 2.24) is 20.5 Å². The first-order valence-corrected chi connectivity index (χ1v) is 9.12. The van der Waals surface area contributed by atoms with E-state index in [0.717, 1.165) is 32.7 Å². The van der Waals surface area contributed by atoms with Gasteiger partial charge in [-0.25, -0.2) is 0 Å². The van der Waals surface area contributed by atoms with Crippen LogP contribution in [0.2, 0.25) is 0 Å². The summed E-state index contributed by atoms with van der Waals surface area (Å²) in [5.41, 5.74) is 1.04. The first-order chi connectivity index (χ1) is 12.2. The molecule has 132 valence electrons. The van der Waals surface area contributed by atoms with E-state index in [0.29, 0.717) is 22.7 Å². The smallest absolute Gasteiger partial charge is 0.263 e. The zero-order valence-corrected chi connectivity index (χ0v) is 14.6. The summed E-state index contributed by atoms with van der Waals surface area (Å²) in [6, 6.07) is 5.01. The molecule has 1 fully saturated rings. The van der Waals surface area contributed by atoms with Gasteiger partial charge in [-0.05, 0) is 23.6 Å². The van der Waals surface area contributed by atoms with E-state index in [4.69, 9.17) is 0 Å². The third-order valence-corrected chi connectivity index (χ3v) is 4.90. The first-order valence-electron chi connectivity index (χ1n) is 8.24. The summed E-state index contributed by atoms with van der Waals surface area (Å²) in [5, 5.41) is 10.8. The van der Waals surface area contributed by atoms with Crippen LogP contribution in [0.4, 0.5) is 5.69 Å². The van der Waals surface area contributed by atoms with E-state index in [-0.39, 0.29) is 11.8 Å². The molecule has 25 heavy (non-hydrogen) atoms. The molecule has 7 nitrogen and oxygen atoms in total. The third kappa shape index (κ3) is 4.85. The number of rotatable bonds is 6. The molecule has 2 amide bonds. The van der Waals surface area contributed by atoms with E-state index >= 15 is 0 Å². The molecule has 8 heteroatoms. The highest BCUT2D eigenvalue weighted by Crippen LogP contribution is 2.22. The molecule has 3 rings (SSSR count). The van der Waals surface area contributed by atoms with Crippen LogP contribution in [-0.2, 0) is 0 Å². The molecule has 2 aromatic heterocycles. The van der Waals surface area contributed by atoms with Crippen LogP contribution in [0.5, 0.6) is 0 Å². The molecule has 0 bridgehead atoms. The third-order valence-electron chi connectivity index (χ3n) is 3.99. The quantitative estimate of drug-likeness (QED) is 0.717. The summed E-state index contributed by atoms with van der Waals surface area (Å²) in [6.45, 7) is 5.41. The molecule has 0 saturated carbocycles. The van der Waals surface area contributed by atoms with E-state index in [1.807, 2.05) is 0 Å². The highest BCUT2D eigenvalue weighted by Gasteiger charge is 2.16. The summed E-state index contributed by atoms with van der Waals surface area (Å²) in [5.74, 6) is -0.411. The number of anilines is 1. The van der Waals surface area contributed by atoms with Gasteiger partial charge in [-0.3, -0.25) is 19.5 Å². The van der Waals surface area contributed by atoms with Crippen LogP contribution in [-0.4, -0.2) is 61.0 Å². The lowest BCUT2D eigenvalue weighted by Gasteiger charge is -2.27. The van der Waals surface area contributed by atoms with Gasteiger partial charge in [-0.1, -0.05) is 0 Å². The van der Waals surface area contributed by atoms with Gasteiger partial charge in [0.2, 0.25) is 0 Å². The van der Waals surface area contributed by atoms with Crippen molar-refractivity contribution < 1.29 is 9.59 Å². The van der Waals surface area contributed by atoms with Gasteiger partial charge in [-0.15, -0.1) is 11.3 Å². The number of piperazine rings is 1. The summed E-state index contributed by atoms with van der Waals surface area (Å²) >= 11 is 1.32. The normalized spacial score (nSPS) is 14.9. The van der Waals surface area contributed by atoms with Crippen molar-refractivity contribution in [3.05, 3.63) is 46.4 Å². The fraction of sp³-hybridized carbons (Fsp3) is 0.353. The standard InChI is InChI=1S/C17H21N5O2S/c23-16(13-1-4-18-5-2-13)21-14-3-12-25-15(14)17(24)20-8-11-22-9-6-19-7-10-22/h1-5,12,19H,6-11H2,(H,20,24)(H,21,23). The number of hydrogen-bond donors (Lipinski definition) is 3. The SMILES string of the molecule is O=C(Nc1ccsc1C(=O)NCCN1CCNCC1)c1ccncc1. The van der Waals surface area contributed by atoms with E-state index in [2.05, 4.69) is 25.8 Å². The zero-order valence-electron chi connectivity index (χ0n) is 13.8. The van der Waals surface area contributed by atoms with Gasteiger partial charge in [0.05, 0.1) is 5.69 Å². The van der Waals surface area contributed by atoms with Gasteiger partial charge in [-0.2, -0.15) is 0 Å². The van der Waals surface area contributed by atoms with Crippen LogP contribution in [0, 0.1) is 0 Å². The topological polar surface area (TPSA) is 86.4 Å². The predicted molar refractivity (Wildman–Crippen MR) is 98.2 cm³/mol. The Morgan fingerprint density at radius 1 is 1.16 bits per heavy atom. The first kappa shape index (κ1) is 17.5. The van der Waals surface area contributed by atoms with E-state index in [1.54, 1.807) is 36.0 Å². The molecule has 0 aliphatic carbocycles. The second-order valence-corrected chi connectivity index (χ2v) is 6.62. The maximum atomic E-state index is 12.4. The lowest BCUT2D eigenvalue weighted by molar-refractivity contribution is 0.0952. The molecule has 0 spiro atoms. The van der Waals surface area contributed by atoms with Crippen molar-refractivity contribution in [2.45, 2.75) is 0 Å². The van der Waals surface area contributed by atoms with Crippen LogP contribution in [0.25, 0.3) is 0 Å². The van der Waals surface area contributed by atoms with Gasteiger partial charge < -0.3 is 16.0 Å². The van der Waals surface area contributed by atoms with Crippen molar-refractivity contribution >= 4 is 28.8 Å². The van der Waals surface area contributed by atoms with Gasteiger partial charge in [0.15, 0.2) is 0 Å². The largest absolute Gasteiger partial charge is 0.350 e. The average molecular weight is 359 g/mol. The van der Waals surface area contributed by atoms with Crippen LogP contribution < -0.4 is 16.0 Å². The Balaban J connectivity index is 1.53. The molecule has 0 atom stereocenters. The molecule has 1 aliphatic rings. The number of carbonyl (C=O) groups is 2. The number of aromatic nitrogens is 1. The van der Waals surface area contributed by atoms with Crippen LogP contribution in [0.1, 0.15) is 20.0 Å². The van der Waals surface area contributed by atoms with Crippen molar-refractivity contribution in [2.24, 2.45) is 0 Å². The monoisotopic (exact) mass is 359 g/mol. The number of pyridine rings is 1. The molecule has 3 N–H and O–H groups in total. The number of thiophene rings is 1. The number of amides is 2. The molecule has 1 saturated heterocycles. The Morgan fingerprint density at radius 2 is 1.92 bits per heavy atom. The summed E-state index contributed by atoms with van der Waals surface area (Å²) in [4.78, 5) is 31.3. The Kier molecular flexibility index (Phi) is 6.10. The van der Waals surface area contributed by atoms with Crippen molar-refractivity contribution in [1.29, 1.82) is 0 Å². The molecule has 0 unspecified atom stereocenters. The molecule has 2 aromatic rings. The lowest BCUT2D eigenvalue weighted by Crippen LogP contribution is -2.46. The van der Waals surface area contributed by atoms with Crippen LogP contribution >= 0.6 is 11.3 Å². The number of nitrogens with one attached hydrogen (secondary N) is 3. The zero-order chi connectivity index (χ0) is 17.5. The highest BCUT2D eigenvalue weighted by molar-refractivity contribution is 7.12. The van der Waals surface area contributed by atoms with Gasteiger partial charge in [0.1, 0.15) is 4.88 Å². The van der Waals surface area contributed by atoms with E-state index < -0.39 is 0 Å². The Morgan fingerprint density at radius 3 is 2.68 bits per heavy atom. The minimum Gasteiger partial charge on any atom is -0.350 e. The minimum absolute atomic E-state index is 0.157. The maximum absolute atomic E-state index is 12.4. The van der Waals surface area contributed by atoms with Crippen molar-refractivity contribution in [3.8, 4) is 0 Å². The molecule has 3 heterocycles. The summed E-state index contributed by atoms with van der Waals surface area (Å²) in [6.07, 6.45) is 3.12. The number of nitrogens with zero attached hydrogens (tertiary/aromatic N) is 2. The summed E-state index contributed by atoms with van der Waals surface area (Å²) in [7, 11) is 0. The van der Waals surface area contributed by atoms with Crippen molar-refractivity contribution in [2.75, 3.05) is 44.6 Å². The Labute approximate surface area is 150 Å². The Hall–Kier alpha value is -2.29. The predicted octanol–water partition coefficient (Wildman–Crippen LogP) is 1.03.